The van der Waals surface area contributed by atoms with Crippen LogP contribution in [0, 0.1) is 13.8 Å². The van der Waals surface area contributed by atoms with Crippen LogP contribution in [0.1, 0.15) is 32.9 Å². The molecule has 1 aromatic heterocycles. The summed E-state index contributed by atoms with van der Waals surface area (Å²) in [7, 11) is 3.34. The third-order valence-electron chi connectivity index (χ3n) is 6.41. The number of nitrogens with zero attached hydrogens (tertiary/aromatic N) is 4. The van der Waals surface area contributed by atoms with Gasteiger partial charge in [-0.05, 0) is 43.7 Å². The molecule has 0 unspecified atom stereocenters. The highest BCUT2D eigenvalue weighted by Gasteiger charge is 2.27. The number of amides is 1. The first-order valence-electron chi connectivity index (χ1n) is 11.4. The maximum atomic E-state index is 13.4. The number of halogens is 1. The van der Waals surface area contributed by atoms with Crippen molar-refractivity contribution in [2.24, 2.45) is 0 Å². The maximum Gasteiger partial charge on any atom is 0.257 e. The van der Waals surface area contributed by atoms with Crippen LogP contribution in [0.2, 0.25) is 5.02 Å². The fourth-order valence-corrected chi connectivity index (χ4v) is 4.66. The maximum absolute atomic E-state index is 13.4. The van der Waals surface area contributed by atoms with E-state index in [0.29, 0.717) is 30.2 Å². The van der Waals surface area contributed by atoms with Crippen molar-refractivity contribution < 1.29 is 14.3 Å². The summed E-state index contributed by atoms with van der Waals surface area (Å²) in [5.41, 5.74) is 4.36. The Morgan fingerprint density at radius 3 is 2.38 bits per heavy atom. The van der Waals surface area contributed by atoms with E-state index < -0.39 is 0 Å². The van der Waals surface area contributed by atoms with E-state index in [1.165, 1.54) is 0 Å². The van der Waals surface area contributed by atoms with E-state index in [4.69, 9.17) is 21.1 Å². The first kappa shape index (κ1) is 24.1. The molecule has 0 radical (unpaired) electrons. The van der Waals surface area contributed by atoms with E-state index >= 15 is 0 Å². The van der Waals surface area contributed by atoms with Crippen LogP contribution in [0.4, 0.5) is 0 Å². The third-order valence-corrected chi connectivity index (χ3v) is 6.78. The number of aromatic nitrogens is 2. The molecule has 0 aliphatic carbocycles. The quantitative estimate of drug-likeness (QED) is 0.505. The lowest BCUT2D eigenvalue weighted by atomic mass is 10.1. The highest BCUT2D eigenvalue weighted by molar-refractivity contribution is 6.31. The normalized spacial score (nSPS) is 14.3. The molecule has 8 heteroatoms. The molecule has 1 amide bonds. The molecule has 34 heavy (non-hydrogen) atoms. The number of rotatable bonds is 7. The lowest BCUT2D eigenvalue weighted by Crippen LogP contribution is -2.48. The van der Waals surface area contributed by atoms with Crippen molar-refractivity contribution in [3.05, 3.63) is 75.6 Å². The smallest absolute Gasteiger partial charge is 0.257 e. The van der Waals surface area contributed by atoms with Gasteiger partial charge in [0, 0.05) is 49.0 Å². The van der Waals surface area contributed by atoms with Gasteiger partial charge < -0.3 is 14.4 Å². The molecule has 0 atom stereocenters. The molecule has 2 aromatic carbocycles. The number of hydrogen-bond acceptors (Lipinski definition) is 5. The van der Waals surface area contributed by atoms with Gasteiger partial charge in [-0.15, -0.1) is 0 Å². The minimum Gasteiger partial charge on any atom is -0.497 e. The Morgan fingerprint density at radius 2 is 1.71 bits per heavy atom. The summed E-state index contributed by atoms with van der Waals surface area (Å²) in [6.07, 6.45) is 0. The van der Waals surface area contributed by atoms with Crippen LogP contribution < -0.4 is 9.47 Å². The molecule has 3 aromatic rings. The van der Waals surface area contributed by atoms with Gasteiger partial charge in [-0.1, -0.05) is 29.8 Å². The Labute approximate surface area is 205 Å². The van der Waals surface area contributed by atoms with Crippen molar-refractivity contribution in [2.45, 2.75) is 26.9 Å². The standard InChI is InChI=1S/C26H31ClN4O3/c1-18-25(19(2)31(28-18)17-20-7-5-6-8-23(20)27)26(32)30-13-11-29(12-14-30)16-21-15-22(33-3)9-10-24(21)34-4/h5-10,15H,11-14,16-17H2,1-4H3. The molecule has 2 heterocycles. The number of methoxy groups -OCH3 is 2. The molecule has 0 N–H and O–H groups in total. The van der Waals surface area contributed by atoms with Crippen molar-refractivity contribution in [1.29, 1.82) is 0 Å². The van der Waals surface area contributed by atoms with Gasteiger partial charge in [0.25, 0.3) is 5.91 Å². The summed E-state index contributed by atoms with van der Waals surface area (Å²) >= 11 is 6.33. The number of carbonyl (C=O) groups excluding carboxylic acids is 1. The Kier molecular flexibility index (Phi) is 7.44. The van der Waals surface area contributed by atoms with Crippen LogP contribution in [0.5, 0.6) is 11.5 Å². The zero-order valence-electron chi connectivity index (χ0n) is 20.2. The van der Waals surface area contributed by atoms with Crippen LogP contribution in [0.15, 0.2) is 42.5 Å². The average Bonchev–Trinajstić information content (AvgIpc) is 3.13. The number of ether oxygens (including phenoxy) is 2. The number of benzene rings is 2. The van der Waals surface area contributed by atoms with E-state index in [1.54, 1.807) is 14.2 Å². The molecular formula is C26H31ClN4O3. The number of aryl methyl sites for hydroxylation is 1. The van der Waals surface area contributed by atoms with E-state index in [2.05, 4.69) is 10.00 Å². The van der Waals surface area contributed by atoms with Gasteiger partial charge in [-0.25, -0.2) is 0 Å². The van der Waals surface area contributed by atoms with Crippen LogP contribution in [-0.2, 0) is 13.1 Å². The minimum absolute atomic E-state index is 0.0408. The fourth-order valence-electron chi connectivity index (χ4n) is 4.46. The molecule has 0 bridgehead atoms. The first-order valence-corrected chi connectivity index (χ1v) is 11.8. The van der Waals surface area contributed by atoms with E-state index in [9.17, 15) is 4.79 Å². The predicted molar refractivity (Wildman–Crippen MR) is 133 cm³/mol. The fraction of sp³-hybridized carbons (Fsp3) is 0.385. The van der Waals surface area contributed by atoms with Gasteiger partial charge in [0.15, 0.2) is 0 Å². The summed E-state index contributed by atoms with van der Waals surface area (Å²) in [4.78, 5) is 17.7. The summed E-state index contributed by atoms with van der Waals surface area (Å²) in [5, 5.41) is 5.34. The molecule has 0 spiro atoms. The van der Waals surface area contributed by atoms with Gasteiger partial charge in [0.2, 0.25) is 0 Å². The van der Waals surface area contributed by atoms with Gasteiger partial charge in [-0.3, -0.25) is 14.4 Å². The predicted octanol–water partition coefficient (Wildman–Crippen LogP) is 4.18. The Balaban J connectivity index is 1.42. The van der Waals surface area contributed by atoms with Gasteiger partial charge >= 0.3 is 0 Å². The van der Waals surface area contributed by atoms with Crippen molar-refractivity contribution in [3.63, 3.8) is 0 Å². The number of carbonyl (C=O) groups is 1. The molecule has 180 valence electrons. The minimum atomic E-state index is 0.0408. The second-order valence-electron chi connectivity index (χ2n) is 8.54. The second kappa shape index (κ2) is 10.5. The lowest BCUT2D eigenvalue weighted by Gasteiger charge is -2.35. The molecule has 1 saturated heterocycles. The Hall–Kier alpha value is -3.03. The summed E-state index contributed by atoms with van der Waals surface area (Å²) in [6, 6.07) is 13.6. The number of hydrogen-bond donors (Lipinski definition) is 0. The summed E-state index contributed by atoms with van der Waals surface area (Å²) < 4.78 is 12.8. The largest absolute Gasteiger partial charge is 0.497 e. The molecule has 4 rings (SSSR count). The van der Waals surface area contributed by atoms with Crippen LogP contribution >= 0.6 is 11.6 Å². The Morgan fingerprint density at radius 1 is 0.971 bits per heavy atom. The van der Waals surface area contributed by atoms with Crippen molar-refractivity contribution in [2.75, 3.05) is 40.4 Å². The highest BCUT2D eigenvalue weighted by Crippen LogP contribution is 2.26. The van der Waals surface area contributed by atoms with Crippen LogP contribution in [-0.4, -0.2) is 65.9 Å². The molecule has 0 saturated carbocycles. The monoisotopic (exact) mass is 482 g/mol. The zero-order chi connectivity index (χ0) is 24.2. The zero-order valence-corrected chi connectivity index (χ0v) is 20.9. The van der Waals surface area contributed by atoms with E-state index in [-0.39, 0.29) is 5.91 Å². The molecule has 1 aliphatic rings. The molecule has 1 fully saturated rings. The van der Waals surface area contributed by atoms with Crippen molar-refractivity contribution in [3.8, 4) is 11.5 Å². The lowest BCUT2D eigenvalue weighted by molar-refractivity contribution is 0.0626. The first-order chi connectivity index (χ1) is 16.4. The third kappa shape index (κ3) is 5.05. The van der Waals surface area contributed by atoms with Crippen LogP contribution in [0.3, 0.4) is 0 Å². The molecular weight excluding hydrogens is 452 g/mol. The van der Waals surface area contributed by atoms with Crippen molar-refractivity contribution >= 4 is 17.5 Å². The number of piperazine rings is 1. The van der Waals surface area contributed by atoms with Gasteiger partial charge in [0.1, 0.15) is 11.5 Å². The topological polar surface area (TPSA) is 59.8 Å². The SMILES string of the molecule is COc1ccc(OC)c(CN2CCN(C(=O)c3c(C)nn(Cc4ccccc4Cl)c3C)CC2)c1. The van der Waals surface area contributed by atoms with Gasteiger partial charge in [0.05, 0.1) is 32.0 Å². The molecule has 7 nitrogen and oxygen atoms in total. The van der Waals surface area contributed by atoms with Crippen molar-refractivity contribution in [1.82, 2.24) is 19.6 Å². The van der Waals surface area contributed by atoms with E-state index in [0.717, 1.165) is 53.6 Å². The average molecular weight is 483 g/mol. The summed E-state index contributed by atoms with van der Waals surface area (Å²) in [6.45, 7) is 8.05. The van der Waals surface area contributed by atoms with E-state index in [1.807, 2.05) is 65.9 Å². The van der Waals surface area contributed by atoms with Crippen LogP contribution in [0.25, 0.3) is 0 Å². The highest BCUT2D eigenvalue weighted by atomic mass is 35.5. The molecule has 1 aliphatic heterocycles. The Bertz CT molecular complexity index is 1170. The second-order valence-corrected chi connectivity index (χ2v) is 8.95. The van der Waals surface area contributed by atoms with Gasteiger partial charge in [-0.2, -0.15) is 5.10 Å². The summed E-state index contributed by atoms with van der Waals surface area (Å²) in [5.74, 6) is 1.69.